The molecule has 5 rings (SSSR count). The van der Waals surface area contributed by atoms with E-state index in [1.54, 1.807) is 0 Å². The van der Waals surface area contributed by atoms with Crippen LogP contribution in [0.3, 0.4) is 0 Å². The minimum Gasteiger partial charge on any atom is -0.453 e. The number of fused-ring (bicyclic) bond motifs is 1. The molecular formula is C34H41N7O3. The number of aromatic nitrogens is 4. The Labute approximate surface area is 258 Å². The topological polar surface area (TPSA) is 128 Å². The summed E-state index contributed by atoms with van der Waals surface area (Å²) in [6.07, 6.45) is 6.08. The summed E-state index contributed by atoms with van der Waals surface area (Å²) < 4.78 is 4.62. The fraction of sp³-hybridized carbons (Fsp3) is 0.412. The maximum absolute atomic E-state index is 12.5. The molecule has 0 spiro atoms. The second-order valence-electron chi connectivity index (χ2n) is 11.7. The second kappa shape index (κ2) is 14.2. The third kappa shape index (κ3) is 7.66. The number of unbranched alkanes of at least 4 members (excludes halogenated alkanes) is 1. The summed E-state index contributed by atoms with van der Waals surface area (Å²) in [6, 6.07) is 14.0. The lowest BCUT2D eigenvalue weighted by atomic mass is 10.0. The number of imidazole rings is 2. The van der Waals surface area contributed by atoms with Gasteiger partial charge in [0.2, 0.25) is 5.91 Å². The number of rotatable bonds is 10. The molecule has 2 unspecified atom stereocenters. The first-order valence-corrected chi connectivity index (χ1v) is 15.3. The summed E-state index contributed by atoms with van der Waals surface area (Å²) in [5.74, 6) is 8.22. The van der Waals surface area contributed by atoms with Gasteiger partial charge in [0.1, 0.15) is 17.7 Å². The Kier molecular flexibility index (Phi) is 9.97. The van der Waals surface area contributed by atoms with E-state index >= 15 is 0 Å². The van der Waals surface area contributed by atoms with Crippen LogP contribution < -0.4 is 10.6 Å². The first-order valence-electron chi connectivity index (χ1n) is 15.3. The first-order chi connectivity index (χ1) is 21.3. The van der Waals surface area contributed by atoms with Crippen LogP contribution in [0.4, 0.5) is 4.79 Å². The maximum atomic E-state index is 12.5. The van der Waals surface area contributed by atoms with E-state index in [4.69, 9.17) is 4.98 Å². The van der Waals surface area contributed by atoms with Gasteiger partial charge in [0, 0.05) is 24.1 Å². The minimum atomic E-state index is -0.631. The summed E-state index contributed by atoms with van der Waals surface area (Å²) in [5, 5.41) is 5.49. The Morgan fingerprint density at radius 3 is 2.59 bits per heavy atom. The molecule has 230 valence electrons. The Morgan fingerprint density at radius 1 is 1.09 bits per heavy atom. The highest BCUT2D eigenvalue weighted by Crippen LogP contribution is 2.30. The molecule has 3 heterocycles. The average Bonchev–Trinajstić information content (AvgIpc) is 3.77. The summed E-state index contributed by atoms with van der Waals surface area (Å²) >= 11 is 0. The molecule has 0 bridgehead atoms. The highest BCUT2D eigenvalue weighted by molar-refractivity contribution is 5.85. The fourth-order valence-corrected chi connectivity index (χ4v) is 5.50. The van der Waals surface area contributed by atoms with Crippen molar-refractivity contribution in [2.24, 2.45) is 5.92 Å². The number of aromatic amines is 2. The SMILES string of the molecule is COC(=O)NC(C(=O)NCCCCc1nc2ccc(C#Cc3ccc(-c4cnc(C5CCCN5C)[nH]4)cc3)cc2[nH]1)C(C)C. The van der Waals surface area contributed by atoms with Crippen molar-refractivity contribution in [3.05, 3.63) is 71.4 Å². The van der Waals surface area contributed by atoms with Crippen LogP contribution in [0.2, 0.25) is 0 Å². The van der Waals surface area contributed by atoms with Gasteiger partial charge in [-0.05, 0) is 81.1 Å². The van der Waals surface area contributed by atoms with Gasteiger partial charge in [-0.15, -0.1) is 0 Å². The number of nitrogens with zero attached hydrogens (tertiary/aromatic N) is 3. The monoisotopic (exact) mass is 595 g/mol. The molecule has 1 aliphatic rings. The molecule has 2 aromatic heterocycles. The Bertz CT molecular complexity index is 1640. The smallest absolute Gasteiger partial charge is 0.407 e. The number of hydrogen-bond acceptors (Lipinski definition) is 6. The van der Waals surface area contributed by atoms with Crippen molar-refractivity contribution in [3.63, 3.8) is 0 Å². The minimum absolute atomic E-state index is 0.0511. The van der Waals surface area contributed by atoms with E-state index in [1.165, 1.54) is 13.5 Å². The summed E-state index contributed by atoms with van der Waals surface area (Å²) in [5.41, 5.74) is 5.84. The molecule has 0 radical (unpaired) electrons. The number of ether oxygens (including phenoxy) is 1. The van der Waals surface area contributed by atoms with Gasteiger partial charge < -0.3 is 25.3 Å². The molecular weight excluding hydrogens is 554 g/mol. The van der Waals surface area contributed by atoms with Gasteiger partial charge >= 0.3 is 6.09 Å². The van der Waals surface area contributed by atoms with Crippen LogP contribution in [0.25, 0.3) is 22.3 Å². The average molecular weight is 596 g/mol. The van der Waals surface area contributed by atoms with E-state index in [0.29, 0.717) is 12.6 Å². The highest BCUT2D eigenvalue weighted by atomic mass is 16.5. The predicted octanol–water partition coefficient (Wildman–Crippen LogP) is 4.94. The number of likely N-dealkylation sites (tertiary alicyclic amines) is 1. The number of carbonyl (C=O) groups excluding carboxylic acids is 2. The zero-order valence-electron chi connectivity index (χ0n) is 25.9. The molecule has 1 fully saturated rings. The first kappa shape index (κ1) is 30.8. The van der Waals surface area contributed by atoms with Gasteiger partial charge in [0.15, 0.2) is 0 Å². The van der Waals surface area contributed by atoms with Crippen molar-refractivity contribution in [2.45, 2.75) is 58.0 Å². The number of nitrogens with one attached hydrogen (secondary N) is 4. The molecule has 4 aromatic rings. The fourth-order valence-electron chi connectivity index (χ4n) is 5.50. The predicted molar refractivity (Wildman–Crippen MR) is 171 cm³/mol. The Balaban J connectivity index is 1.12. The molecule has 2 aromatic carbocycles. The van der Waals surface area contributed by atoms with Crippen LogP contribution in [0.15, 0.2) is 48.7 Å². The zero-order chi connectivity index (χ0) is 31.1. The molecule has 2 amide bonds. The Morgan fingerprint density at radius 2 is 1.86 bits per heavy atom. The van der Waals surface area contributed by atoms with E-state index in [9.17, 15) is 9.59 Å². The van der Waals surface area contributed by atoms with Crippen LogP contribution in [0.1, 0.15) is 68.3 Å². The molecule has 10 heteroatoms. The van der Waals surface area contributed by atoms with Gasteiger partial charge in [-0.3, -0.25) is 9.69 Å². The van der Waals surface area contributed by atoms with Crippen LogP contribution in [0.5, 0.6) is 0 Å². The van der Waals surface area contributed by atoms with Crippen molar-refractivity contribution in [1.29, 1.82) is 0 Å². The van der Waals surface area contributed by atoms with Crippen LogP contribution in [-0.2, 0) is 16.0 Å². The van der Waals surface area contributed by atoms with Crippen molar-refractivity contribution in [2.75, 3.05) is 27.2 Å². The summed E-state index contributed by atoms with van der Waals surface area (Å²) in [7, 11) is 3.44. The third-order valence-electron chi connectivity index (χ3n) is 8.06. The van der Waals surface area contributed by atoms with Crippen molar-refractivity contribution in [3.8, 4) is 23.1 Å². The molecule has 1 aliphatic heterocycles. The van der Waals surface area contributed by atoms with Crippen molar-refractivity contribution < 1.29 is 14.3 Å². The van der Waals surface area contributed by atoms with Gasteiger partial charge in [0.05, 0.1) is 36.1 Å². The number of amides is 2. The van der Waals surface area contributed by atoms with E-state index in [2.05, 4.69) is 66.2 Å². The zero-order valence-corrected chi connectivity index (χ0v) is 25.9. The van der Waals surface area contributed by atoms with Crippen LogP contribution in [0, 0.1) is 17.8 Å². The van der Waals surface area contributed by atoms with Crippen molar-refractivity contribution >= 4 is 23.0 Å². The lowest BCUT2D eigenvalue weighted by Gasteiger charge is -2.20. The number of carbonyl (C=O) groups is 2. The molecule has 2 atom stereocenters. The second-order valence-corrected chi connectivity index (χ2v) is 11.7. The number of aryl methyl sites for hydroxylation is 1. The van der Waals surface area contributed by atoms with E-state index in [1.807, 2.05) is 50.4 Å². The standard InChI is InChI=1S/C34H41N7O3/c1-22(2)31(40-34(43)44-4)33(42)35-18-6-5-9-30-37-26-17-14-24(20-27(26)38-30)11-10-23-12-15-25(16-13-23)28-21-36-32(39-28)29-8-7-19-41(29)3/h12-17,20-22,29,31H,5-9,18-19H2,1-4H3,(H,35,42)(H,36,39)(H,37,38)(H,40,43). The molecule has 1 saturated heterocycles. The summed E-state index contributed by atoms with van der Waals surface area (Å²) in [6.45, 7) is 5.39. The largest absolute Gasteiger partial charge is 0.453 e. The number of hydrogen-bond donors (Lipinski definition) is 4. The van der Waals surface area contributed by atoms with E-state index in [-0.39, 0.29) is 11.8 Å². The lowest BCUT2D eigenvalue weighted by Crippen LogP contribution is -2.49. The highest BCUT2D eigenvalue weighted by Gasteiger charge is 2.25. The van der Waals surface area contributed by atoms with Crippen LogP contribution >= 0.6 is 0 Å². The van der Waals surface area contributed by atoms with Gasteiger partial charge in [0.25, 0.3) is 0 Å². The van der Waals surface area contributed by atoms with Gasteiger partial charge in [-0.2, -0.15) is 0 Å². The van der Waals surface area contributed by atoms with Gasteiger partial charge in [-0.25, -0.2) is 14.8 Å². The maximum Gasteiger partial charge on any atom is 0.407 e. The number of H-pyrrole nitrogens is 2. The van der Waals surface area contributed by atoms with Crippen LogP contribution in [-0.4, -0.2) is 70.1 Å². The molecule has 10 nitrogen and oxygen atoms in total. The van der Waals surface area contributed by atoms with E-state index in [0.717, 1.165) is 77.3 Å². The van der Waals surface area contributed by atoms with E-state index < -0.39 is 12.1 Å². The molecule has 44 heavy (non-hydrogen) atoms. The van der Waals surface area contributed by atoms with Crippen molar-refractivity contribution in [1.82, 2.24) is 35.5 Å². The molecule has 0 saturated carbocycles. The molecule has 4 N–H and O–H groups in total. The lowest BCUT2D eigenvalue weighted by molar-refractivity contribution is -0.124. The molecule has 0 aliphatic carbocycles. The number of methoxy groups -OCH3 is 1. The number of alkyl carbamates (subject to hydrolysis) is 1. The number of benzene rings is 2. The van der Waals surface area contributed by atoms with Gasteiger partial charge in [-0.1, -0.05) is 37.8 Å². The normalized spacial score (nSPS) is 15.6. The Hall–Kier alpha value is -4.62. The third-order valence-corrected chi connectivity index (χ3v) is 8.06. The summed E-state index contributed by atoms with van der Waals surface area (Å²) in [4.78, 5) is 42.6. The quantitative estimate of drug-likeness (QED) is 0.152.